The average molecular weight is 495 g/mol. The highest BCUT2D eigenvalue weighted by Gasteiger charge is 2.37. The first-order valence-corrected chi connectivity index (χ1v) is 11.3. The van der Waals surface area contributed by atoms with Crippen LogP contribution in [0.1, 0.15) is 51.2 Å². The summed E-state index contributed by atoms with van der Waals surface area (Å²) in [6, 6.07) is 8.27. The molecule has 178 valence electrons. The van der Waals surface area contributed by atoms with Gasteiger partial charge in [-0.15, -0.1) is 0 Å². The molecule has 2 amide bonds. The third-order valence-corrected chi connectivity index (χ3v) is 6.41. The molecular weight excluding hydrogens is 475 g/mol. The minimum atomic E-state index is -0.687. The molecule has 0 saturated carbocycles. The number of halogens is 2. The summed E-state index contributed by atoms with van der Waals surface area (Å²) in [5.74, 6) is -1.28. The number of aliphatic imine (C=N–C) groups is 2. The largest absolute Gasteiger partial charge is 0.344 e. The maximum absolute atomic E-state index is 13.4. The van der Waals surface area contributed by atoms with Crippen LogP contribution >= 0.6 is 11.6 Å². The quantitative estimate of drug-likeness (QED) is 0.475. The van der Waals surface area contributed by atoms with Crippen LogP contribution in [-0.4, -0.2) is 35.7 Å². The van der Waals surface area contributed by atoms with Gasteiger partial charge in [-0.2, -0.15) is 0 Å². The second-order valence-electron chi connectivity index (χ2n) is 8.34. The number of carbonyl (C=O) groups is 3. The Labute approximate surface area is 204 Å². The van der Waals surface area contributed by atoms with Crippen LogP contribution < -0.4 is 21.5 Å². The van der Waals surface area contributed by atoms with E-state index in [4.69, 9.17) is 11.6 Å². The molecule has 4 N–H and O–H groups in total. The van der Waals surface area contributed by atoms with Crippen LogP contribution in [0.4, 0.5) is 4.39 Å². The minimum absolute atomic E-state index is 0.000629. The van der Waals surface area contributed by atoms with E-state index < -0.39 is 17.8 Å². The van der Waals surface area contributed by atoms with E-state index in [2.05, 4.69) is 31.5 Å². The lowest BCUT2D eigenvalue weighted by Gasteiger charge is -2.20. The number of amides is 2. The monoisotopic (exact) mass is 494 g/mol. The second-order valence-corrected chi connectivity index (χ2v) is 8.75. The predicted octanol–water partition coefficient (Wildman–Crippen LogP) is 2.34. The second kappa shape index (κ2) is 9.05. The molecule has 2 aromatic carbocycles. The number of aryl methyl sites for hydroxylation is 1. The molecular formula is C24H20ClFN6O3. The van der Waals surface area contributed by atoms with Gasteiger partial charge in [-0.1, -0.05) is 23.7 Å². The first-order chi connectivity index (χ1) is 16.8. The van der Waals surface area contributed by atoms with E-state index in [0.717, 1.165) is 23.6 Å². The molecule has 0 bridgehead atoms. The smallest absolute Gasteiger partial charge is 0.268 e. The van der Waals surface area contributed by atoms with Crippen molar-refractivity contribution in [2.75, 3.05) is 0 Å². The summed E-state index contributed by atoms with van der Waals surface area (Å²) in [5, 5.41) is 5.51. The molecule has 35 heavy (non-hydrogen) atoms. The Kier molecular flexibility index (Phi) is 5.91. The molecule has 5 rings (SSSR count). The van der Waals surface area contributed by atoms with Crippen molar-refractivity contribution in [3.8, 4) is 0 Å². The first kappa shape index (κ1) is 22.9. The lowest BCUT2D eigenvalue weighted by molar-refractivity contribution is -0.115. The number of hydrogen-bond acceptors (Lipinski definition) is 7. The molecule has 11 heteroatoms. The standard InChI is InChI=1S/C24H20ClFN6O3/c1-11(33)12-2-5-15-13(8-12)4-7-18(15)29-24(35)21-19-20(27-10-28-21)22(32-31-19)30-23(34)14-3-6-17(26)16(25)9-14/h2-3,5-6,8-10,18-19,31-32H,4,7H2,1H3,(H,29,35)(H,30,34)/t18-,19?/m0/s1. The number of fused-ring (bicyclic) bond motifs is 2. The molecule has 2 heterocycles. The molecule has 0 saturated heterocycles. The van der Waals surface area contributed by atoms with Gasteiger partial charge in [0, 0.05) is 11.1 Å². The van der Waals surface area contributed by atoms with Gasteiger partial charge in [-0.25, -0.2) is 19.8 Å². The Morgan fingerprint density at radius 2 is 1.91 bits per heavy atom. The average Bonchev–Trinajstić information content (AvgIpc) is 3.44. The van der Waals surface area contributed by atoms with Crippen LogP contribution in [0.25, 0.3) is 0 Å². The van der Waals surface area contributed by atoms with Crippen molar-refractivity contribution in [2.45, 2.75) is 31.8 Å². The SMILES string of the molecule is CC(=O)c1ccc2c(c1)CC[C@@H]2NC(=O)C1=NC=NC2=C(NC(=O)c3ccc(F)c(Cl)c3)NNC12. The van der Waals surface area contributed by atoms with Gasteiger partial charge in [-0.3, -0.25) is 14.4 Å². The first-order valence-electron chi connectivity index (χ1n) is 10.9. The van der Waals surface area contributed by atoms with Crippen LogP contribution in [0.2, 0.25) is 5.02 Å². The van der Waals surface area contributed by atoms with Gasteiger partial charge in [0.2, 0.25) is 0 Å². The van der Waals surface area contributed by atoms with Gasteiger partial charge in [0.15, 0.2) is 5.78 Å². The lowest BCUT2D eigenvalue weighted by Crippen LogP contribution is -2.48. The van der Waals surface area contributed by atoms with Crippen LogP contribution in [0.5, 0.6) is 0 Å². The number of Topliss-reactive ketones (excluding diaryl/α,β-unsaturated/α-hetero) is 1. The third-order valence-electron chi connectivity index (χ3n) is 6.12. The Bertz CT molecular complexity index is 1370. The maximum Gasteiger partial charge on any atom is 0.268 e. The predicted molar refractivity (Wildman–Crippen MR) is 128 cm³/mol. The molecule has 2 atom stereocenters. The van der Waals surface area contributed by atoms with Gasteiger partial charge in [0.1, 0.15) is 35.4 Å². The lowest BCUT2D eigenvalue weighted by atomic mass is 10.0. The van der Waals surface area contributed by atoms with Crippen molar-refractivity contribution < 1.29 is 18.8 Å². The molecule has 9 nitrogen and oxygen atoms in total. The molecule has 0 fully saturated rings. The summed E-state index contributed by atoms with van der Waals surface area (Å²) in [7, 11) is 0. The topological polar surface area (TPSA) is 124 Å². The van der Waals surface area contributed by atoms with Crippen molar-refractivity contribution >= 4 is 41.2 Å². The fraction of sp³-hybridized carbons (Fsp3) is 0.208. The summed E-state index contributed by atoms with van der Waals surface area (Å²) >= 11 is 5.77. The number of benzene rings is 2. The summed E-state index contributed by atoms with van der Waals surface area (Å²) in [4.78, 5) is 45.7. The van der Waals surface area contributed by atoms with E-state index in [1.165, 1.54) is 25.4 Å². The Balaban J connectivity index is 1.30. The number of nitrogens with zero attached hydrogens (tertiary/aromatic N) is 2. The number of hydrazine groups is 1. The highest BCUT2D eigenvalue weighted by Crippen LogP contribution is 2.32. The minimum Gasteiger partial charge on any atom is -0.344 e. The zero-order valence-corrected chi connectivity index (χ0v) is 19.2. The molecule has 1 aliphatic carbocycles. The van der Waals surface area contributed by atoms with Crippen molar-refractivity contribution in [1.29, 1.82) is 0 Å². The van der Waals surface area contributed by atoms with Gasteiger partial charge in [-0.05, 0) is 55.2 Å². The number of rotatable bonds is 5. The molecule has 2 aliphatic heterocycles. The fourth-order valence-corrected chi connectivity index (χ4v) is 4.49. The maximum atomic E-state index is 13.4. The highest BCUT2D eigenvalue weighted by molar-refractivity contribution is 6.43. The molecule has 0 aromatic heterocycles. The summed E-state index contributed by atoms with van der Waals surface area (Å²) < 4.78 is 13.4. The van der Waals surface area contributed by atoms with Crippen molar-refractivity contribution in [3.05, 3.63) is 81.0 Å². The molecule has 1 unspecified atom stereocenters. The van der Waals surface area contributed by atoms with Crippen LogP contribution in [0, 0.1) is 5.82 Å². The zero-order valence-electron chi connectivity index (χ0n) is 18.5. The normalized spacial score (nSPS) is 20.0. The van der Waals surface area contributed by atoms with E-state index in [9.17, 15) is 18.8 Å². The summed E-state index contributed by atoms with van der Waals surface area (Å²) in [6.07, 6.45) is 2.72. The van der Waals surface area contributed by atoms with Gasteiger partial charge in [0.25, 0.3) is 11.8 Å². The van der Waals surface area contributed by atoms with Crippen LogP contribution in [-0.2, 0) is 11.2 Å². The van der Waals surface area contributed by atoms with Crippen molar-refractivity contribution in [3.63, 3.8) is 0 Å². The summed E-state index contributed by atoms with van der Waals surface area (Å²) in [6.45, 7) is 1.53. The van der Waals surface area contributed by atoms with Crippen molar-refractivity contribution in [2.24, 2.45) is 9.98 Å². The molecule has 0 radical (unpaired) electrons. The molecule has 0 spiro atoms. The number of hydrogen-bond donors (Lipinski definition) is 4. The summed E-state index contributed by atoms with van der Waals surface area (Å²) in [5.41, 5.74) is 9.13. The van der Waals surface area contributed by atoms with Crippen LogP contribution in [0.15, 0.2) is 57.9 Å². The number of nitrogens with one attached hydrogen (secondary N) is 4. The van der Waals surface area contributed by atoms with E-state index in [1.807, 2.05) is 12.1 Å². The Morgan fingerprint density at radius 3 is 2.69 bits per heavy atom. The third kappa shape index (κ3) is 4.33. The van der Waals surface area contributed by atoms with E-state index in [1.54, 1.807) is 6.07 Å². The Morgan fingerprint density at radius 1 is 1.11 bits per heavy atom. The Hall–Kier alpha value is -3.89. The number of ketones is 1. The van der Waals surface area contributed by atoms with E-state index >= 15 is 0 Å². The fourth-order valence-electron chi connectivity index (χ4n) is 4.31. The molecule has 3 aliphatic rings. The number of carbonyl (C=O) groups excluding carboxylic acids is 3. The van der Waals surface area contributed by atoms with Gasteiger partial charge in [0.05, 0.1) is 11.1 Å². The van der Waals surface area contributed by atoms with Gasteiger partial charge < -0.3 is 16.1 Å². The van der Waals surface area contributed by atoms with Crippen LogP contribution in [0.3, 0.4) is 0 Å². The molecule has 2 aromatic rings. The van der Waals surface area contributed by atoms with E-state index in [-0.39, 0.29) is 39.9 Å². The van der Waals surface area contributed by atoms with Crippen molar-refractivity contribution in [1.82, 2.24) is 21.5 Å². The van der Waals surface area contributed by atoms with E-state index in [0.29, 0.717) is 17.7 Å². The zero-order chi connectivity index (χ0) is 24.7. The highest BCUT2D eigenvalue weighted by atomic mass is 35.5. The van der Waals surface area contributed by atoms with Gasteiger partial charge >= 0.3 is 0 Å².